The summed E-state index contributed by atoms with van der Waals surface area (Å²) in [7, 11) is 0. The summed E-state index contributed by atoms with van der Waals surface area (Å²) in [6, 6.07) is 0.663. The number of hydrogen-bond acceptors (Lipinski definition) is 3. The van der Waals surface area contributed by atoms with Crippen LogP contribution in [0, 0.1) is 17.5 Å². The summed E-state index contributed by atoms with van der Waals surface area (Å²) in [6.07, 6.45) is 0. The van der Waals surface area contributed by atoms with Crippen LogP contribution in [-0.2, 0) is 0 Å². The van der Waals surface area contributed by atoms with Gasteiger partial charge in [0.05, 0.1) is 6.04 Å². The molecule has 1 aliphatic heterocycles. The van der Waals surface area contributed by atoms with Crippen molar-refractivity contribution in [3.05, 3.63) is 35.1 Å². The van der Waals surface area contributed by atoms with E-state index in [1.54, 1.807) is 0 Å². The summed E-state index contributed by atoms with van der Waals surface area (Å²) in [5.74, 6) is -4.25. The Morgan fingerprint density at radius 3 is 2.58 bits per heavy atom. The fourth-order valence-electron chi connectivity index (χ4n) is 2.13. The first-order chi connectivity index (χ1) is 9.04. The van der Waals surface area contributed by atoms with Crippen LogP contribution in [0.3, 0.4) is 0 Å². The Morgan fingerprint density at radius 2 is 2.00 bits per heavy atom. The second-order valence-electron chi connectivity index (χ2n) is 4.34. The predicted molar refractivity (Wildman–Crippen MR) is 63.1 cm³/mol. The highest BCUT2D eigenvalue weighted by Gasteiger charge is 2.30. The van der Waals surface area contributed by atoms with E-state index in [-0.39, 0.29) is 12.6 Å². The molecule has 1 fully saturated rings. The molecule has 0 spiro atoms. The van der Waals surface area contributed by atoms with Crippen LogP contribution in [-0.4, -0.2) is 43.0 Å². The van der Waals surface area contributed by atoms with Gasteiger partial charge in [0.15, 0.2) is 0 Å². The van der Waals surface area contributed by atoms with Gasteiger partial charge in [-0.3, -0.25) is 4.79 Å². The topological polar surface area (TPSA) is 58.4 Å². The lowest BCUT2D eigenvalue weighted by Crippen LogP contribution is -2.56. The summed E-state index contributed by atoms with van der Waals surface area (Å²) in [4.78, 5) is 13.5. The van der Waals surface area contributed by atoms with E-state index in [2.05, 4.69) is 5.32 Å². The van der Waals surface area contributed by atoms with Crippen LogP contribution < -0.4 is 11.1 Å². The minimum atomic E-state index is -1.20. The molecule has 0 radical (unpaired) electrons. The summed E-state index contributed by atoms with van der Waals surface area (Å²) in [5, 5.41) is 3.04. The second kappa shape index (κ2) is 5.58. The Hall–Kier alpha value is -1.60. The standard InChI is InChI=1S/C12H14F3N3O/c13-7-3-9(14)11(10(15)4-7)12(19)18-2-1-17-6-8(18)5-16/h3-4,8,17H,1-2,5-6,16H2. The third-order valence-electron chi connectivity index (χ3n) is 3.10. The van der Waals surface area contributed by atoms with Crippen LogP contribution in [0.15, 0.2) is 12.1 Å². The molecule has 3 N–H and O–H groups in total. The largest absolute Gasteiger partial charge is 0.332 e. The Labute approximate surface area is 108 Å². The zero-order valence-electron chi connectivity index (χ0n) is 10.1. The molecule has 1 heterocycles. The van der Waals surface area contributed by atoms with Crippen LogP contribution >= 0.6 is 0 Å². The van der Waals surface area contributed by atoms with Gasteiger partial charge in [0.25, 0.3) is 5.91 Å². The zero-order chi connectivity index (χ0) is 14.0. The molecule has 104 valence electrons. The van der Waals surface area contributed by atoms with Gasteiger partial charge in [-0.05, 0) is 0 Å². The third kappa shape index (κ3) is 2.71. The number of halogens is 3. The van der Waals surface area contributed by atoms with Crippen molar-refractivity contribution in [3.63, 3.8) is 0 Å². The smallest absolute Gasteiger partial charge is 0.260 e. The number of carbonyl (C=O) groups is 1. The molecule has 7 heteroatoms. The molecule has 0 bridgehead atoms. The zero-order valence-corrected chi connectivity index (χ0v) is 10.1. The third-order valence-corrected chi connectivity index (χ3v) is 3.10. The molecular weight excluding hydrogens is 259 g/mol. The first-order valence-electron chi connectivity index (χ1n) is 5.91. The molecule has 0 saturated carbocycles. The molecule has 4 nitrogen and oxygen atoms in total. The first kappa shape index (κ1) is 13.8. The van der Waals surface area contributed by atoms with E-state index in [4.69, 9.17) is 5.73 Å². The highest BCUT2D eigenvalue weighted by atomic mass is 19.1. The van der Waals surface area contributed by atoms with E-state index in [1.165, 1.54) is 4.90 Å². The van der Waals surface area contributed by atoms with Gasteiger partial charge in [-0.1, -0.05) is 0 Å². The van der Waals surface area contributed by atoms with E-state index < -0.39 is 28.9 Å². The number of carbonyl (C=O) groups excluding carboxylic acids is 1. The number of nitrogens with one attached hydrogen (secondary N) is 1. The predicted octanol–water partition coefficient (Wildman–Crippen LogP) is 0.477. The molecule has 1 unspecified atom stereocenters. The number of benzene rings is 1. The van der Waals surface area contributed by atoms with Crippen LogP contribution in [0.5, 0.6) is 0 Å². The van der Waals surface area contributed by atoms with Crippen LogP contribution in [0.25, 0.3) is 0 Å². The average molecular weight is 273 g/mol. The molecule has 1 aromatic rings. The SMILES string of the molecule is NCC1CNCCN1C(=O)c1c(F)cc(F)cc1F. The lowest BCUT2D eigenvalue weighted by Gasteiger charge is -2.35. The number of amides is 1. The monoisotopic (exact) mass is 273 g/mol. The van der Waals surface area contributed by atoms with Crippen molar-refractivity contribution in [1.82, 2.24) is 10.2 Å². The number of rotatable bonds is 2. The maximum absolute atomic E-state index is 13.6. The fourth-order valence-corrected chi connectivity index (χ4v) is 2.13. The van der Waals surface area contributed by atoms with Crippen molar-refractivity contribution >= 4 is 5.91 Å². The summed E-state index contributed by atoms with van der Waals surface area (Å²) >= 11 is 0. The molecule has 1 atom stereocenters. The Morgan fingerprint density at radius 1 is 1.37 bits per heavy atom. The number of nitrogens with zero attached hydrogens (tertiary/aromatic N) is 1. The van der Waals surface area contributed by atoms with E-state index in [0.717, 1.165) is 0 Å². The Kier molecular flexibility index (Phi) is 4.06. The van der Waals surface area contributed by atoms with Crippen molar-refractivity contribution in [1.29, 1.82) is 0 Å². The molecule has 1 saturated heterocycles. The van der Waals surface area contributed by atoms with Crippen molar-refractivity contribution in [2.75, 3.05) is 26.2 Å². The molecular formula is C12H14F3N3O. The van der Waals surface area contributed by atoms with Gasteiger partial charge in [0.1, 0.15) is 23.0 Å². The highest BCUT2D eigenvalue weighted by Crippen LogP contribution is 2.18. The highest BCUT2D eigenvalue weighted by molar-refractivity contribution is 5.95. The molecule has 1 aromatic carbocycles. The van der Waals surface area contributed by atoms with Crippen molar-refractivity contribution in [2.45, 2.75) is 6.04 Å². The minimum absolute atomic E-state index is 0.184. The summed E-state index contributed by atoms with van der Waals surface area (Å²) < 4.78 is 40.0. The second-order valence-corrected chi connectivity index (χ2v) is 4.34. The molecule has 19 heavy (non-hydrogen) atoms. The van der Waals surface area contributed by atoms with Gasteiger partial charge in [0, 0.05) is 38.3 Å². The van der Waals surface area contributed by atoms with Gasteiger partial charge in [-0.15, -0.1) is 0 Å². The van der Waals surface area contributed by atoms with Crippen LogP contribution in [0.4, 0.5) is 13.2 Å². The van der Waals surface area contributed by atoms with Crippen molar-refractivity contribution in [2.24, 2.45) is 5.73 Å². The van der Waals surface area contributed by atoms with Crippen LogP contribution in [0.1, 0.15) is 10.4 Å². The summed E-state index contributed by atoms with van der Waals surface area (Å²) in [6.45, 7) is 1.47. The average Bonchev–Trinajstić information content (AvgIpc) is 2.37. The molecule has 1 amide bonds. The van der Waals surface area contributed by atoms with Gasteiger partial charge in [0.2, 0.25) is 0 Å². The van der Waals surface area contributed by atoms with Gasteiger partial charge < -0.3 is 16.0 Å². The lowest BCUT2D eigenvalue weighted by atomic mass is 10.1. The minimum Gasteiger partial charge on any atom is -0.332 e. The molecule has 1 aliphatic rings. The van der Waals surface area contributed by atoms with Crippen molar-refractivity contribution in [3.8, 4) is 0 Å². The number of piperazine rings is 1. The lowest BCUT2D eigenvalue weighted by molar-refractivity contribution is 0.0634. The quantitative estimate of drug-likeness (QED) is 0.824. The van der Waals surface area contributed by atoms with E-state index in [1.807, 2.05) is 0 Å². The number of nitrogens with two attached hydrogens (primary N) is 1. The van der Waals surface area contributed by atoms with Gasteiger partial charge in [-0.2, -0.15) is 0 Å². The first-order valence-corrected chi connectivity index (χ1v) is 5.91. The van der Waals surface area contributed by atoms with Crippen molar-refractivity contribution < 1.29 is 18.0 Å². The molecule has 0 aliphatic carbocycles. The van der Waals surface area contributed by atoms with E-state index in [0.29, 0.717) is 31.8 Å². The molecule has 2 rings (SSSR count). The Bertz CT molecular complexity index is 472. The van der Waals surface area contributed by atoms with Gasteiger partial charge in [-0.25, -0.2) is 13.2 Å². The fraction of sp³-hybridized carbons (Fsp3) is 0.417. The number of hydrogen-bond donors (Lipinski definition) is 2. The van der Waals surface area contributed by atoms with Crippen LogP contribution in [0.2, 0.25) is 0 Å². The Balaban J connectivity index is 2.33. The van der Waals surface area contributed by atoms with Gasteiger partial charge >= 0.3 is 0 Å². The summed E-state index contributed by atoms with van der Waals surface area (Å²) in [5.41, 5.74) is 4.79. The van der Waals surface area contributed by atoms with E-state index >= 15 is 0 Å². The maximum Gasteiger partial charge on any atom is 0.260 e. The maximum atomic E-state index is 13.6. The normalized spacial score (nSPS) is 19.6. The molecule has 0 aromatic heterocycles. The van der Waals surface area contributed by atoms with E-state index in [9.17, 15) is 18.0 Å².